The van der Waals surface area contributed by atoms with Crippen molar-refractivity contribution in [2.24, 2.45) is 15.9 Å². The van der Waals surface area contributed by atoms with E-state index < -0.39 is 6.09 Å². The van der Waals surface area contributed by atoms with Gasteiger partial charge < -0.3 is 15.5 Å². The van der Waals surface area contributed by atoms with Crippen LogP contribution < -0.4 is 15.6 Å². The molecule has 1 aromatic heterocycles. The fourth-order valence-corrected chi connectivity index (χ4v) is 3.95. The lowest BCUT2D eigenvalue weighted by atomic mass is 10.0. The van der Waals surface area contributed by atoms with Crippen molar-refractivity contribution in [1.82, 2.24) is 15.0 Å². The lowest BCUT2D eigenvalue weighted by Crippen LogP contribution is -2.36. The fourth-order valence-electron chi connectivity index (χ4n) is 3.95. The quantitative estimate of drug-likeness (QED) is 0.399. The standard InChI is InChI=1S/C21H27FN8O2/c1-2-15(26-23)12-24-16-5-8-28(9-6-16)20-4-3-17(11-19(20)22)30-14-18(32-21(30)31)13-29-10-7-25-27-29/h3-4,7,10-12,16,18H,2,5-6,8-9,13-14,23H2,1H3/t18-/m0/s1. The number of hydrogen-bond donors (Lipinski definition) is 1. The molecule has 4 rings (SSSR count). The van der Waals surface area contributed by atoms with Gasteiger partial charge >= 0.3 is 6.09 Å². The van der Waals surface area contributed by atoms with E-state index in [0.29, 0.717) is 37.6 Å². The average Bonchev–Trinajstić information content (AvgIpc) is 3.44. The molecule has 11 heteroatoms. The Hall–Kier alpha value is -3.50. The minimum atomic E-state index is -0.492. The van der Waals surface area contributed by atoms with Gasteiger partial charge in [0.15, 0.2) is 0 Å². The van der Waals surface area contributed by atoms with Crippen LogP contribution in [-0.4, -0.2) is 64.8 Å². The van der Waals surface area contributed by atoms with Gasteiger partial charge in [-0.25, -0.2) is 13.9 Å². The summed E-state index contributed by atoms with van der Waals surface area (Å²) in [5, 5.41) is 11.3. The summed E-state index contributed by atoms with van der Waals surface area (Å²) in [5.41, 5.74) is 1.77. The first-order valence-electron chi connectivity index (χ1n) is 10.7. The van der Waals surface area contributed by atoms with Crippen molar-refractivity contribution in [2.45, 2.75) is 44.9 Å². The van der Waals surface area contributed by atoms with Gasteiger partial charge in [0.2, 0.25) is 0 Å². The van der Waals surface area contributed by atoms with Crippen LogP contribution in [0.3, 0.4) is 0 Å². The maximum absolute atomic E-state index is 15.0. The number of benzene rings is 1. The molecule has 1 amide bonds. The topological polar surface area (TPSA) is 114 Å². The minimum absolute atomic E-state index is 0.179. The van der Waals surface area contributed by atoms with Crippen LogP contribution in [-0.2, 0) is 11.3 Å². The molecular weight excluding hydrogens is 415 g/mol. The normalized spacial score (nSPS) is 20.4. The molecule has 0 unspecified atom stereocenters. The summed E-state index contributed by atoms with van der Waals surface area (Å²) in [7, 11) is 0. The Balaban J connectivity index is 1.36. The van der Waals surface area contributed by atoms with Crippen molar-refractivity contribution in [1.29, 1.82) is 0 Å². The third-order valence-electron chi connectivity index (χ3n) is 5.75. The number of anilines is 2. The zero-order valence-electron chi connectivity index (χ0n) is 18.0. The van der Waals surface area contributed by atoms with Crippen LogP contribution in [0.5, 0.6) is 0 Å². The Bertz CT molecular complexity index is 986. The molecule has 2 N–H and O–H groups in total. The van der Waals surface area contributed by atoms with E-state index in [2.05, 4.69) is 20.4 Å². The van der Waals surface area contributed by atoms with Gasteiger partial charge in [0.25, 0.3) is 0 Å². The summed E-state index contributed by atoms with van der Waals surface area (Å²) in [6.07, 6.45) is 6.52. The molecule has 0 bridgehead atoms. The molecule has 3 heterocycles. The van der Waals surface area contributed by atoms with Gasteiger partial charge in [-0.15, -0.1) is 5.10 Å². The summed E-state index contributed by atoms with van der Waals surface area (Å²) in [6.45, 7) is 4.10. The number of rotatable bonds is 7. The number of cyclic esters (lactones) is 1. The van der Waals surface area contributed by atoms with E-state index in [1.54, 1.807) is 35.4 Å². The Kier molecular flexibility index (Phi) is 6.62. The number of nitrogens with zero attached hydrogens (tertiary/aromatic N) is 7. The van der Waals surface area contributed by atoms with Crippen LogP contribution in [0.1, 0.15) is 26.2 Å². The summed E-state index contributed by atoms with van der Waals surface area (Å²) >= 11 is 0. The number of amides is 1. The van der Waals surface area contributed by atoms with Gasteiger partial charge in [-0.1, -0.05) is 12.1 Å². The van der Waals surface area contributed by atoms with E-state index in [0.717, 1.165) is 25.0 Å². The monoisotopic (exact) mass is 442 g/mol. The molecule has 2 aliphatic heterocycles. The predicted octanol–water partition coefficient (Wildman–Crippen LogP) is 2.21. The third-order valence-corrected chi connectivity index (χ3v) is 5.75. The number of hydrazone groups is 1. The molecule has 0 aliphatic carbocycles. The Morgan fingerprint density at radius 3 is 2.84 bits per heavy atom. The predicted molar refractivity (Wildman–Crippen MR) is 120 cm³/mol. The highest BCUT2D eigenvalue weighted by Crippen LogP contribution is 2.30. The SMILES string of the molecule is CCC(C=NC1CCN(c2ccc(N3C[C@H](Cn4ccnn4)OC3=O)cc2F)CC1)=NN. The van der Waals surface area contributed by atoms with E-state index in [1.165, 1.54) is 11.0 Å². The van der Waals surface area contributed by atoms with E-state index in [4.69, 9.17) is 10.6 Å². The Morgan fingerprint density at radius 1 is 1.38 bits per heavy atom. The first-order valence-corrected chi connectivity index (χ1v) is 10.7. The first-order chi connectivity index (χ1) is 15.6. The number of aromatic nitrogens is 3. The van der Waals surface area contributed by atoms with Crippen molar-refractivity contribution in [2.75, 3.05) is 29.4 Å². The second kappa shape index (κ2) is 9.75. The number of hydrogen-bond acceptors (Lipinski definition) is 8. The lowest BCUT2D eigenvalue weighted by Gasteiger charge is -2.32. The summed E-state index contributed by atoms with van der Waals surface area (Å²) in [4.78, 5) is 20.3. The third kappa shape index (κ3) is 4.87. The number of piperidine rings is 1. The zero-order valence-corrected chi connectivity index (χ0v) is 18.0. The molecule has 2 fully saturated rings. The van der Waals surface area contributed by atoms with E-state index >= 15 is 0 Å². The highest BCUT2D eigenvalue weighted by molar-refractivity contribution is 6.30. The minimum Gasteiger partial charge on any atom is -0.442 e. The second-order valence-electron chi connectivity index (χ2n) is 7.85. The molecule has 32 heavy (non-hydrogen) atoms. The van der Waals surface area contributed by atoms with Gasteiger partial charge in [0.05, 0.1) is 42.4 Å². The van der Waals surface area contributed by atoms with Crippen LogP contribution >= 0.6 is 0 Å². The fraction of sp³-hybridized carbons (Fsp3) is 0.476. The van der Waals surface area contributed by atoms with E-state index in [9.17, 15) is 9.18 Å². The second-order valence-corrected chi connectivity index (χ2v) is 7.85. The smallest absolute Gasteiger partial charge is 0.414 e. The summed E-state index contributed by atoms with van der Waals surface area (Å²) < 4.78 is 22.0. The molecule has 170 valence electrons. The van der Waals surface area contributed by atoms with Crippen LogP contribution in [0.15, 0.2) is 40.7 Å². The molecule has 2 aromatic rings. The molecule has 10 nitrogen and oxygen atoms in total. The maximum Gasteiger partial charge on any atom is 0.414 e. The van der Waals surface area contributed by atoms with Crippen molar-refractivity contribution in [3.63, 3.8) is 0 Å². The lowest BCUT2D eigenvalue weighted by molar-refractivity contribution is 0.129. The molecule has 0 saturated carbocycles. The summed E-state index contributed by atoms with van der Waals surface area (Å²) in [5.74, 6) is 4.96. The van der Waals surface area contributed by atoms with Crippen molar-refractivity contribution in [3.05, 3.63) is 36.4 Å². The van der Waals surface area contributed by atoms with Crippen molar-refractivity contribution < 1.29 is 13.9 Å². The van der Waals surface area contributed by atoms with Crippen LogP contribution in [0.25, 0.3) is 0 Å². The maximum atomic E-state index is 15.0. The Labute approximate surface area is 185 Å². The molecule has 1 aromatic carbocycles. The first kappa shape index (κ1) is 21.7. The van der Waals surface area contributed by atoms with Gasteiger partial charge in [-0.05, 0) is 37.5 Å². The zero-order chi connectivity index (χ0) is 22.5. The highest BCUT2D eigenvalue weighted by Gasteiger charge is 2.33. The van der Waals surface area contributed by atoms with Crippen molar-refractivity contribution >= 4 is 29.4 Å². The van der Waals surface area contributed by atoms with E-state index in [1.807, 2.05) is 11.8 Å². The average molecular weight is 442 g/mol. The van der Waals surface area contributed by atoms with Gasteiger partial charge in [0, 0.05) is 25.5 Å². The highest BCUT2D eigenvalue weighted by atomic mass is 19.1. The van der Waals surface area contributed by atoms with Gasteiger partial charge in [-0.2, -0.15) is 5.10 Å². The van der Waals surface area contributed by atoms with Gasteiger partial charge in [0.1, 0.15) is 11.9 Å². The number of carbonyl (C=O) groups excluding carboxylic acids is 1. The van der Waals surface area contributed by atoms with Crippen LogP contribution in [0.2, 0.25) is 0 Å². The molecule has 0 spiro atoms. The number of aliphatic imine (C=N–C) groups is 1. The molecule has 2 aliphatic rings. The molecule has 0 radical (unpaired) electrons. The van der Waals surface area contributed by atoms with Crippen LogP contribution in [0.4, 0.5) is 20.6 Å². The van der Waals surface area contributed by atoms with Gasteiger partial charge in [-0.3, -0.25) is 9.89 Å². The molecular formula is C21H27FN8O2. The largest absolute Gasteiger partial charge is 0.442 e. The van der Waals surface area contributed by atoms with Crippen LogP contribution in [0, 0.1) is 5.82 Å². The summed E-state index contributed by atoms with van der Waals surface area (Å²) in [6, 6.07) is 5.05. The number of halogens is 1. The Morgan fingerprint density at radius 2 is 2.19 bits per heavy atom. The number of nitrogens with two attached hydrogens (primary N) is 1. The van der Waals surface area contributed by atoms with E-state index in [-0.39, 0.29) is 18.0 Å². The number of carbonyl (C=O) groups is 1. The molecule has 1 atom stereocenters. The van der Waals surface area contributed by atoms with Crippen molar-refractivity contribution in [3.8, 4) is 0 Å². The number of ether oxygens (including phenoxy) is 1. The molecule has 2 saturated heterocycles.